The fraction of sp³-hybridized carbons (Fsp3) is 0.390. The highest BCUT2D eigenvalue weighted by Crippen LogP contribution is 2.41. The molecule has 4 aromatic rings. The normalized spacial score (nSPS) is 19.3. The Labute approximate surface area is 309 Å². The van der Waals surface area contributed by atoms with Crippen LogP contribution in [-0.2, 0) is 26.3 Å². The number of hydrogen-bond donors (Lipinski definition) is 4. The highest BCUT2D eigenvalue weighted by atomic mass is 32.2. The second kappa shape index (κ2) is 17.1. The average molecular weight is 721 g/mol. The van der Waals surface area contributed by atoms with Crippen LogP contribution >= 0.6 is 11.8 Å². The van der Waals surface area contributed by atoms with Crippen LogP contribution in [0.25, 0.3) is 0 Å². The summed E-state index contributed by atoms with van der Waals surface area (Å²) in [5.74, 6) is 0.476. The number of imidazole rings is 1. The first-order chi connectivity index (χ1) is 25.3. The van der Waals surface area contributed by atoms with Crippen molar-refractivity contribution >= 4 is 35.9 Å². The second-order valence-electron chi connectivity index (χ2n) is 14.2. The number of hydrogen-bond acceptors (Lipinski definition) is 6. The van der Waals surface area contributed by atoms with Crippen molar-refractivity contribution < 1.29 is 19.2 Å². The van der Waals surface area contributed by atoms with Crippen molar-refractivity contribution in [1.82, 2.24) is 30.8 Å². The minimum absolute atomic E-state index is 0.100. The van der Waals surface area contributed by atoms with Crippen LogP contribution in [-0.4, -0.2) is 68.9 Å². The van der Waals surface area contributed by atoms with Gasteiger partial charge in [-0.1, -0.05) is 111 Å². The average Bonchev–Trinajstić information content (AvgIpc) is 3.88. The summed E-state index contributed by atoms with van der Waals surface area (Å²) in [5.41, 5.74) is 3.05. The smallest absolute Gasteiger partial charge is 0.315 e. The number of aromatic nitrogens is 2. The van der Waals surface area contributed by atoms with E-state index in [2.05, 4.69) is 62.2 Å². The lowest BCUT2D eigenvalue weighted by Crippen LogP contribution is -2.51. The first kappa shape index (κ1) is 36.9. The summed E-state index contributed by atoms with van der Waals surface area (Å²) in [5, 5.41) is 12.1. The number of aldehydes is 1. The number of benzene rings is 3. The van der Waals surface area contributed by atoms with Crippen molar-refractivity contribution in [3.05, 3.63) is 126 Å². The zero-order chi connectivity index (χ0) is 36.5. The van der Waals surface area contributed by atoms with Gasteiger partial charge in [0.2, 0.25) is 11.8 Å². The molecule has 2 saturated heterocycles. The molecule has 2 aliphatic heterocycles. The number of thioether (sulfide) groups is 1. The minimum atomic E-state index is -0.833. The number of carbonyl (C=O) groups excluding carboxylic acids is 4. The van der Waals surface area contributed by atoms with E-state index < -0.39 is 17.6 Å². The van der Waals surface area contributed by atoms with Gasteiger partial charge < -0.3 is 30.6 Å². The summed E-state index contributed by atoms with van der Waals surface area (Å²) in [6.45, 7) is 4.00. The largest absolute Gasteiger partial charge is 0.344 e. The molecule has 2 fully saturated rings. The van der Waals surface area contributed by atoms with Crippen LogP contribution in [0.2, 0.25) is 0 Å². The van der Waals surface area contributed by atoms with Crippen molar-refractivity contribution in [2.45, 2.75) is 87.3 Å². The first-order valence-electron chi connectivity index (χ1n) is 18.2. The van der Waals surface area contributed by atoms with Crippen LogP contribution in [0.4, 0.5) is 4.79 Å². The Morgan fingerprint density at radius 3 is 2.12 bits per heavy atom. The topological polar surface area (TPSA) is 134 Å². The summed E-state index contributed by atoms with van der Waals surface area (Å²) >= 11 is 1.86. The molecule has 0 unspecified atom stereocenters. The summed E-state index contributed by atoms with van der Waals surface area (Å²) in [4.78, 5) is 55.4. The molecular formula is C41H48N6O4S. The summed E-state index contributed by atoms with van der Waals surface area (Å²) in [6.07, 6.45) is 7.87. The lowest BCUT2D eigenvalue weighted by Gasteiger charge is -2.37. The van der Waals surface area contributed by atoms with Gasteiger partial charge in [0, 0.05) is 30.0 Å². The van der Waals surface area contributed by atoms with Crippen LogP contribution in [0.3, 0.4) is 0 Å². The number of rotatable bonds is 17. The Morgan fingerprint density at radius 2 is 1.54 bits per heavy atom. The van der Waals surface area contributed by atoms with Crippen molar-refractivity contribution in [3.63, 3.8) is 0 Å². The van der Waals surface area contributed by atoms with Crippen LogP contribution in [0.1, 0.15) is 68.3 Å². The molecule has 2 aliphatic rings. The quantitative estimate of drug-likeness (QED) is 0.0513. The van der Waals surface area contributed by atoms with Gasteiger partial charge in [-0.3, -0.25) is 9.59 Å². The van der Waals surface area contributed by atoms with Gasteiger partial charge in [-0.05, 0) is 41.9 Å². The molecule has 1 aromatic heterocycles. The maximum absolute atomic E-state index is 13.6. The van der Waals surface area contributed by atoms with E-state index in [1.54, 1.807) is 6.33 Å². The molecule has 0 saturated carbocycles. The van der Waals surface area contributed by atoms with Gasteiger partial charge in [0.15, 0.2) is 0 Å². The molecule has 0 spiro atoms. The van der Waals surface area contributed by atoms with Crippen molar-refractivity contribution in [1.29, 1.82) is 0 Å². The second-order valence-corrected chi connectivity index (χ2v) is 15.4. The number of nitrogens with zero attached hydrogens (tertiary/aromatic N) is 2. The number of urea groups is 1. The molecule has 3 aromatic carbocycles. The zero-order valence-corrected chi connectivity index (χ0v) is 30.6. The zero-order valence-electron chi connectivity index (χ0n) is 29.7. The van der Waals surface area contributed by atoms with Gasteiger partial charge >= 0.3 is 6.03 Å². The molecule has 6 rings (SSSR count). The standard InChI is InChI=1S/C41H48N6O4S/c1-28(2)22-34(44-37(49)21-13-12-20-36-38-35(26-52-36)45-40(51)46-38)39(50)43-33(25-48)23-32-24-47(27-42-32)41(29-14-6-3-7-15-29,30-16-8-4-9-17-30)31-18-10-5-11-19-31/h3-11,14-19,24-25,27-28,33-36,38H,12-13,20-23,26H2,1-2H3,(H,43,50)(H,44,49)(H2,45,46,51)/t33-,34-,35-,36-,38-/m0/s1. The van der Waals surface area contributed by atoms with E-state index in [1.807, 2.05) is 86.4 Å². The Kier molecular flexibility index (Phi) is 12.1. The predicted molar refractivity (Wildman–Crippen MR) is 204 cm³/mol. The van der Waals surface area contributed by atoms with Crippen LogP contribution in [0.5, 0.6) is 0 Å². The number of unbranched alkanes of at least 4 members (excludes halogenated alkanes) is 1. The lowest BCUT2D eigenvalue weighted by molar-refractivity contribution is -0.130. The minimum Gasteiger partial charge on any atom is -0.344 e. The van der Waals surface area contributed by atoms with Crippen molar-refractivity contribution in [2.24, 2.45) is 5.92 Å². The van der Waals surface area contributed by atoms with Gasteiger partial charge in [0.1, 0.15) is 17.9 Å². The fourth-order valence-corrected chi connectivity index (χ4v) is 9.07. The van der Waals surface area contributed by atoms with E-state index >= 15 is 0 Å². The predicted octanol–water partition coefficient (Wildman–Crippen LogP) is 5.21. The van der Waals surface area contributed by atoms with Gasteiger partial charge in [-0.2, -0.15) is 11.8 Å². The third kappa shape index (κ3) is 8.41. The molecular weight excluding hydrogens is 673 g/mol. The third-order valence-corrected chi connectivity index (χ3v) is 11.5. The van der Waals surface area contributed by atoms with Gasteiger partial charge in [0.05, 0.1) is 30.1 Å². The number of fused-ring (bicyclic) bond motifs is 1. The van der Waals surface area contributed by atoms with Gasteiger partial charge in [-0.25, -0.2) is 9.78 Å². The Balaban J connectivity index is 1.12. The number of nitrogens with one attached hydrogen (secondary N) is 4. The molecule has 3 heterocycles. The van der Waals surface area contributed by atoms with E-state index in [-0.39, 0.29) is 42.3 Å². The van der Waals surface area contributed by atoms with E-state index in [4.69, 9.17) is 4.98 Å². The monoisotopic (exact) mass is 720 g/mol. The Morgan fingerprint density at radius 1 is 0.923 bits per heavy atom. The number of amides is 4. The van der Waals surface area contributed by atoms with Crippen LogP contribution in [0.15, 0.2) is 104 Å². The van der Waals surface area contributed by atoms with Gasteiger partial charge in [0.25, 0.3) is 0 Å². The SMILES string of the molecule is CC(C)C[C@H](NC(=O)CCCC[C@@H]1SC[C@@H]2NC(=O)N[C@@H]21)C(=O)N[C@H](C=O)Cc1cn(C(c2ccccc2)(c2ccccc2)c2ccccc2)cn1. The highest BCUT2D eigenvalue weighted by molar-refractivity contribution is 8.00. The van der Waals surface area contributed by atoms with Crippen molar-refractivity contribution in [2.75, 3.05) is 5.75 Å². The maximum Gasteiger partial charge on any atom is 0.315 e. The van der Waals surface area contributed by atoms with E-state index in [0.717, 1.165) is 41.6 Å². The van der Waals surface area contributed by atoms with Crippen LogP contribution < -0.4 is 21.3 Å². The molecule has 52 heavy (non-hydrogen) atoms. The molecule has 272 valence electrons. The molecule has 0 aliphatic carbocycles. The molecule has 4 amide bonds. The van der Waals surface area contributed by atoms with E-state index in [0.29, 0.717) is 30.2 Å². The Hall–Kier alpha value is -4.90. The molecule has 0 radical (unpaired) electrons. The van der Waals surface area contributed by atoms with E-state index in [9.17, 15) is 19.2 Å². The van der Waals surface area contributed by atoms with Crippen molar-refractivity contribution in [3.8, 4) is 0 Å². The third-order valence-electron chi connectivity index (χ3n) is 9.96. The Bertz CT molecular complexity index is 1700. The molecule has 11 heteroatoms. The molecule has 4 N–H and O–H groups in total. The summed E-state index contributed by atoms with van der Waals surface area (Å²) in [7, 11) is 0. The van der Waals surface area contributed by atoms with Gasteiger partial charge in [-0.15, -0.1) is 0 Å². The maximum atomic E-state index is 13.6. The summed E-state index contributed by atoms with van der Waals surface area (Å²) in [6, 6.07) is 29.4. The highest BCUT2D eigenvalue weighted by Gasteiger charge is 2.42. The van der Waals surface area contributed by atoms with E-state index in [1.165, 1.54) is 0 Å². The molecule has 10 nitrogen and oxygen atoms in total. The number of carbonyl (C=O) groups is 4. The fourth-order valence-electron chi connectivity index (χ4n) is 7.52. The lowest BCUT2D eigenvalue weighted by atomic mass is 9.77. The molecule has 0 bridgehead atoms. The summed E-state index contributed by atoms with van der Waals surface area (Å²) < 4.78 is 2.08. The molecule has 5 atom stereocenters. The first-order valence-corrected chi connectivity index (χ1v) is 19.3. The van der Waals surface area contributed by atoms with Crippen LogP contribution in [0, 0.1) is 5.92 Å².